The molecule has 2 rings (SSSR count). The lowest BCUT2D eigenvalue weighted by atomic mass is 10.2. The number of nitrogens with zero attached hydrogens (tertiary/aromatic N) is 1. The number of rotatable bonds is 5. The number of aromatic nitrogens is 2. The Morgan fingerprint density at radius 1 is 1.52 bits per heavy atom. The van der Waals surface area contributed by atoms with Gasteiger partial charge in [0, 0.05) is 19.8 Å². The van der Waals surface area contributed by atoms with Crippen molar-refractivity contribution in [1.82, 2.24) is 9.97 Å². The second-order valence-electron chi connectivity index (χ2n) is 4.17. The normalized spacial score (nSPS) is 10.2. The fourth-order valence-electron chi connectivity index (χ4n) is 1.76. The number of H-pyrrole nitrogens is 1. The van der Waals surface area contributed by atoms with Crippen LogP contribution in [0.4, 0.5) is 16.0 Å². The molecule has 0 aliphatic rings. The average Bonchev–Trinajstić information content (AvgIpc) is 2.47. The second-order valence-corrected chi connectivity index (χ2v) is 4.58. The number of hydrogen-bond donors (Lipinski definition) is 4. The second kappa shape index (κ2) is 6.36. The van der Waals surface area contributed by atoms with E-state index in [1.165, 1.54) is 12.1 Å². The SMILES string of the molecule is CNc1c(C=N)nc(NCc2ccc(F)c(Cl)c2)[nH]c1=O. The van der Waals surface area contributed by atoms with Crippen LogP contribution in [-0.2, 0) is 6.54 Å². The molecule has 6 nitrogen and oxygen atoms in total. The summed E-state index contributed by atoms with van der Waals surface area (Å²) in [7, 11) is 1.58. The van der Waals surface area contributed by atoms with Crippen molar-refractivity contribution >= 4 is 29.5 Å². The lowest BCUT2D eigenvalue weighted by molar-refractivity contribution is 0.627. The van der Waals surface area contributed by atoms with Crippen LogP contribution in [-0.4, -0.2) is 23.2 Å². The summed E-state index contributed by atoms with van der Waals surface area (Å²) in [6.45, 7) is 0.305. The molecule has 1 aromatic heterocycles. The van der Waals surface area contributed by atoms with Crippen LogP contribution in [0.1, 0.15) is 11.3 Å². The molecule has 0 aliphatic heterocycles. The smallest absolute Gasteiger partial charge is 0.276 e. The molecule has 0 unspecified atom stereocenters. The van der Waals surface area contributed by atoms with Crippen LogP contribution in [0, 0.1) is 11.2 Å². The van der Waals surface area contributed by atoms with Gasteiger partial charge in [0.2, 0.25) is 5.95 Å². The number of halogens is 2. The molecule has 4 N–H and O–H groups in total. The molecule has 110 valence electrons. The minimum absolute atomic E-state index is 0.0291. The third kappa shape index (κ3) is 3.38. The highest BCUT2D eigenvalue weighted by atomic mass is 35.5. The van der Waals surface area contributed by atoms with Crippen LogP contribution in [0.2, 0.25) is 5.02 Å². The standard InChI is InChI=1S/C13H13ClFN5O/c1-17-11-10(5-16)19-13(20-12(11)21)18-6-7-2-3-9(15)8(14)4-7/h2-5,16-17H,6H2,1H3,(H2,18,19,20,21). The molecule has 0 radical (unpaired) electrons. The Kier molecular flexibility index (Phi) is 4.54. The van der Waals surface area contributed by atoms with Crippen LogP contribution < -0.4 is 16.2 Å². The lowest BCUT2D eigenvalue weighted by Gasteiger charge is -2.09. The van der Waals surface area contributed by atoms with E-state index in [2.05, 4.69) is 20.6 Å². The van der Waals surface area contributed by atoms with Crippen molar-refractivity contribution in [2.45, 2.75) is 6.54 Å². The summed E-state index contributed by atoms with van der Waals surface area (Å²) in [6.07, 6.45) is 0.987. The van der Waals surface area contributed by atoms with E-state index in [1.807, 2.05) is 0 Å². The first-order valence-corrected chi connectivity index (χ1v) is 6.43. The summed E-state index contributed by atoms with van der Waals surface area (Å²) in [5.74, 6) is -0.269. The lowest BCUT2D eigenvalue weighted by Crippen LogP contribution is -2.19. The minimum Gasteiger partial charge on any atom is -0.382 e. The summed E-state index contributed by atoms with van der Waals surface area (Å²) in [5.41, 5.74) is 0.796. The highest BCUT2D eigenvalue weighted by molar-refractivity contribution is 6.30. The molecular weight excluding hydrogens is 297 g/mol. The van der Waals surface area contributed by atoms with E-state index < -0.39 is 5.82 Å². The number of anilines is 2. The van der Waals surface area contributed by atoms with Crippen LogP contribution in [0.15, 0.2) is 23.0 Å². The first-order chi connectivity index (χ1) is 10.0. The summed E-state index contributed by atoms with van der Waals surface area (Å²) in [4.78, 5) is 18.4. The van der Waals surface area contributed by atoms with Gasteiger partial charge in [0.1, 0.15) is 17.2 Å². The number of aromatic amines is 1. The van der Waals surface area contributed by atoms with Crippen molar-refractivity contribution in [1.29, 1.82) is 5.41 Å². The van der Waals surface area contributed by atoms with Gasteiger partial charge < -0.3 is 16.0 Å². The Labute approximate surface area is 124 Å². The van der Waals surface area contributed by atoms with E-state index in [4.69, 9.17) is 17.0 Å². The molecular formula is C13H13ClFN5O. The van der Waals surface area contributed by atoms with Crippen molar-refractivity contribution < 1.29 is 4.39 Å². The maximum atomic E-state index is 13.1. The quantitative estimate of drug-likeness (QED) is 0.637. The maximum Gasteiger partial charge on any atom is 0.276 e. The van der Waals surface area contributed by atoms with E-state index in [1.54, 1.807) is 13.1 Å². The van der Waals surface area contributed by atoms with Gasteiger partial charge in [-0.25, -0.2) is 9.37 Å². The Bertz CT molecular complexity index is 731. The van der Waals surface area contributed by atoms with Crippen LogP contribution in [0.25, 0.3) is 0 Å². The monoisotopic (exact) mass is 309 g/mol. The van der Waals surface area contributed by atoms with Gasteiger partial charge >= 0.3 is 0 Å². The van der Waals surface area contributed by atoms with Gasteiger partial charge in [-0.2, -0.15) is 0 Å². The van der Waals surface area contributed by atoms with E-state index in [9.17, 15) is 9.18 Å². The minimum atomic E-state index is -0.489. The Hall–Kier alpha value is -2.41. The summed E-state index contributed by atoms with van der Waals surface area (Å²) in [6, 6.07) is 4.33. The zero-order chi connectivity index (χ0) is 15.4. The summed E-state index contributed by atoms with van der Waals surface area (Å²) >= 11 is 5.69. The molecule has 0 atom stereocenters. The Morgan fingerprint density at radius 2 is 2.29 bits per heavy atom. The van der Waals surface area contributed by atoms with Crippen molar-refractivity contribution in [3.8, 4) is 0 Å². The zero-order valence-electron chi connectivity index (χ0n) is 11.1. The predicted molar refractivity (Wildman–Crippen MR) is 81.0 cm³/mol. The highest BCUT2D eigenvalue weighted by Gasteiger charge is 2.08. The number of nitrogens with one attached hydrogen (secondary N) is 4. The highest BCUT2D eigenvalue weighted by Crippen LogP contribution is 2.16. The molecule has 0 bridgehead atoms. The number of benzene rings is 1. The first-order valence-electron chi connectivity index (χ1n) is 6.05. The largest absolute Gasteiger partial charge is 0.382 e. The van der Waals surface area contributed by atoms with E-state index >= 15 is 0 Å². The molecule has 0 fully saturated rings. The van der Waals surface area contributed by atoms with Gasteiger partial charge in [0.25, 0.3) is 5.56 Å². The Morgan fingerprint density at radius 3 is 2.90 bits per heavy atom. The van der Waals surface area contributed by atoms with Gasteiger partial charge in [-0.15, -0.1) is 0 Å². The molecule has 0 amide bonds. The summed E-state index contributed by atoms with van der Waals surface area (Å²) in [5, 5.41) is 12.9. The van der Waals surface area contributed by atoms with Gasteiger partial charge in [-0.3, -0.25) is 9.78 Å². The predicted octanol–water partition coefficient (Wildman–Crippen LogP) is 2.21. The van der Waals surface area contributed by atoms with Gasteiger partial charge in [-0.1, -0.05) is 17.7 Å². The zero-order valence-corrected chi connectivity index (χ0v) is 11.9. The molecule has 8 heteroatoms. The van der Waals surface area contributed by atoms with E-state index in [0.717, 1.165) is 11.8 Å². The topological polar surface area (TPSA) is 93.7 Å². The molecule has 0 saturated heterocycles. The van der Waals surface area contributed by atoms with Crippen molar-refractivity contribution in [3.63, 3.8) is 0 Å². The molecule has 0 spiro atoms. The molecule has 0 aliphatic carbocycles. The third-order valence-corrected chi connectivity index (χ3v) is 3.07. The molecule has 1 heterocycles. The van der Waals surface area contributed by atoms with Gasteiger partial charge in [0.15, 0.2) is 0 Å². The van der Waals surface area contributed by atoms with Gasteiger partial charge in [0.05, 0.1) is 5.02 Å². The van der Waals surface area contributed by atoms with Gasteiger partial charge in [-0.05, 0) is 17.7 Å². The maximum absolute atomic E-state index is 13.1. The molecule has 2 aromatic rings. The van der Waals surface area contributed by atoms with Crippen molar-refractivity contribution in [2.24, 2.45) is 0 Å². The summed E-state index contributed by atoms with van der Waals surface area (Å²) < 4.78 is 13.1. The van der Waals surface area contributed by atoms with Crippen molar-refractivity contribution in [2.75, 3.05) is 17.7 Å². The first kappa shape index (κ1) is 15.0. The molecule has 21 heavy (non-hydrogen) atoms. The average molecular weight is 310 g/mol. The fourth-order valence-corrected chi connectivity index (χ4v) is 1.96. The van der Waals surface area contributed by atoms with Crippen LogP contribution >= 0.6 is 11.6 Å². The van der Waals surface area contributed by atoms with Crippen LogP contribution in [0.3, 0.4) is 0 Å². The molecule has 1 aromatic carbocycles. The Balaban J connectivity index is 2.20. The molecule has 0 saturated carbocycles. The van der Waals surface area contributed by atoms with E-state index in [0.29, 0.717) is 6.54 Å². The van der Waals surface area contributed by atoms with Crippen molar-refractivity contribution in [3.05, 3.63) is 50.7 Å². The van der Waals surface area contributed by atoms with E-state index in [-0.39, 0.29) is 27.9 Å². The van der Waals surface area contributed by atoms with Crippen LogP contribution in [0.5, 0.6) is 0 Å². The third-order valence-electron chi connectivity index (χ3n) is 2.78. The fraction of sp³-hybridized carbons (Fsp3) is 0.154. The number of hydrogen-bond acceptors (Lipinski definition) is 5.